The van der Waals surface area contributed by atoms with Crippen LogP contribution in [0.25, 0.3) is 0 Å². The van der Waals surface area contributed by atoms with E-state index in [1.54, 1.807) is 25.3 Å². The number of aromatic nitrogens is 2. The highest BCUT2D eigenvalue weighted by atomic mass is 35.5. The molecule has 0 aliphatic carbocycles. The molecule has 128 valence electrons. The number of halogens is 2. The topological polar surface area (TPSA) is 59.1 Å². The summed E-state index contributed by atoms with van der Waals surface area (Å²) in [5.41, 5.74) is 2.26. The zero-order chi connectivity index (χ0) is 17.8. The summed E-state index contributed by atoms with van der Waals surface area (Å²) in [4.78, 5) is 8.89. The van der Waals surface area contributed by atoms with Crippen LogP contribution in [0.15, 0.2) is 48.5 Å². The van der Waals surface area contributed by atoms with Crippen molar-refractivity contribution in [3.8, 4) is 5.75 Å². The van der Waals surface area contributed by atoms with Gasteiger partial charge in [0.1, 0.15) is 11.6 Å². The quantitative estimate of drug-likeness (QED) is 0.609. The Morgan fingerprint density at radius 1 is 0.920 bits per heavy atom. The first-order valence-corrected chi connectivity index (χ1v) is 8.28. The predicted octanol–water partition coefficient (Wildman–Crippen LogP) is 5.59. The van der Waals surface area contributed by atoms with Gasteiger partial charge in [0.25, 0.3) is 0 Å². The fraction of sp³-hybridized carbons (Fsp3) is 0.111. The first-order valence-electron chi connectivity index (χ1n) is 7.53. The van der Waals surface area contributed by atoms with Crippen LogP contribution >= 0.6 is 23.2 Å². The molecule has 0 amide bonds. The summed E-state index contributed by atoms with van der Waals surface area (Å²) in [5, 5.41) is 7.48. The van der Waals surface area contributed by atoms with Gasteiger partial charge < -0.3 is 15.4 Å². The molecule has 0 bridgehead atoms. The van der Waals surface area contributed by atoms with E-state index in [4.69, 9.17) is 27.9 Å². The van der Waals surface area contributed by atoms with Crippen molar-refractivity contribution >= 4 is 46.3 Å². The first-order chi connectivity index (χ1) is 12.0. The van der Waals surface area contributed by atoms with Crippen molar-refractivity contribution in [3.63, 3.8) is 0 Å². The Balaban J connectivity index is 1.89. The van der Waals surface area contributed by atoms with Gasteiger partial charge in [0.2, 0.25) is 5.95 Å². The molecule has 3 aromatic rings. The summed E-state index contributed by atoms with van der Waals surface area (Å²) in [7, 11) is 1.62. The molecule has 0 atom stereocenters. The van der Waals surface area contributed by atoms with Gasteiger partial charge in [0.05, 0.1) is 23.5 Å². The van der Waals surface area contributed by atoms with Gasteiger partial charge in [0, 0.05) is 16.8 Å². The molecule has 5 nitrogen and oxygen atoms in total. The van der Waals surface area contributed by atoms with Crippen LogP contribution in [0.1, 0.15) is 5.69 Å². The number of hydrogen-bond acceptors (Lipinski definition) is 5. The van der Waals surface area contributed by atoms with E-state index in [1.807, 2.05) is 37.3 Å². The number of nitrogens with zero attached hydrogens (tertiary/aromatic N) is 2. The Kier molecular flexibility index (Phi) is 5.26. The number of hydrogen-bond donors (Lipinski definition) is 2. The number of ether oxygens (including phenoxy) is 1. The zero-order valence-corrected chi connectivity index (χ0v) is 15.2. The SMILES string of the molecule is COc1ccccc1Nc1nc(C)cc(Nc2cc(Cl)ccc2Cl)n1. The smallest absolute Gasteiger partial charge is 0.229 e. The summed E-state index contributed by atoms with van der Waals surface area (Å²) in [5.74, 6) is 1.76. The summed E-state index contributed by atoms with van der Waals surface area (Å²) in [6.45, 7) is 1.89. The van der Waals surface area contributed by atoms with E-state index in [1.165, 1.54) is 0 Å². The third-order valence-corrected chi connectivity index (χ3v) is 3.96. The second-order valence-electron chi connectivity index (χ2n) is 5.29. The Labute approximate surface area is 156 Å². The third kappa shape index (κ3) is 4.32. The summed E-state index contributed by atoms with van der Waals surface area (Å²) < 4.78 is 5.34. The Bertz CT molecular complexity index is 902. The van der Waals surface area contributed by atoms with E-state index < -0.39 is 0 Å². The van der Waals surface area contributed by atoms with Crippen molar-refractivity contribution in [2.24, 2.45) is 0 Å². The molecule has 2 N–H and O–H groups in total. The van der Waals surface area contributed by atoms with E-state index >= 15 is 0 Å². The Morgan fingerprint density at radius 3 is 2.52 bits per heavy atom. The fourth-order valence-corrected chi connectivity index (χ4v) is 2.63. The molecule has 0 spiro atoms. The maximum Gasteiger partial charge on any atom is 0.229 e. The summed E-state index contributed by atoms with van der Waals surface area (Å²) in [6, 6.07) is 14.6. The van der Waals surface area contributed by atoms with Crippen LogP contribution in [-0.2, 0) is 0 Å². The Hall–Kier alpha value is -2.50. The second-order valence-corrected chi connectivity index (χ2v) is 6.14. The van der Waals surface area contributed by atoms with Crippen LogP contribution in [0.4, 0.5) is 23.1 Å². The van der Waals surface area contributed by atoms with E-state index in [0.29, 0.717) is 33.2 Å². The van der Waals surface area contributed by atoms with Crippen molar-refractivity contribution in [1.82, 2.24) is 9.97 Å². The largest absolute Gasteiger partial charge is 0.495 e. The average molecular weight is 375 g/mol. The van der Waals surface area contributed by atoms with Crippen molar-refractivity contribution < 1.29 is 4.74 Å². The van der Waals surface area contributed by atoms with E-state index in [2.05, 4.69) is 20.6 Å². The second kappa shape index (κ2) is 7.59. The number of nitrogens with one attached hydrogen (secondary N) is 2. The molecule has 0 radical (unpaired) electrons. The number of aryl methyl sites for hydroxylation is 1. The highest BCUT2D eigenvalue weighted by Gasteiger charge is 2.08. The maximum absolute atomic E-state index is 6.20. The normalized spacial score (nSPS) is 10.4. The maximum atomic E-state index is 6.20. The molecule has 3 rings (SSSR count). The first kappa shape index (κ1) is 17.3. The summed E-state index contributed by atoms with van der Waals surface area (Å²) >= 11 is 12.2. The lowest BCUT2D eigenvalue weighted by molar-refractivity contribution is 0.417. The average Bonchev–Trinajstić information content (AvgIpc) is 2.58. The van der Waals surface area contributed by atoms with Crippen LogP contribution in [0, 0.1) is 6.92 Å². The number of anilines is 4. The van der Waals surface area contributed by atoms with Crippen molar-refractivity contribution in [3.05, 3.63) is 64.3 Å². The minimum absolute atomic E-state index is 0.449. The monoisotopic (exact) mass is 374 g/mol. The molecule has 2 aromatic carbocycles. The van der Waals surface area contributed by atoms with Gasteiger partial charge in [-0.05, 0) is 37.3 Å². The number of para-hydroxylation sites is 2. The zero-order valence-electron chi connectivity index (χ0n) is 13.7. The van der Waals surface area contributed by atoms with Crippen molar-refractivity contribution in [1.29, 1.82) is 0 Å². The predicted molar refractivity (Wildman–Crippen MR) is 103 cm³/mol. The van der Waals surface area contributed by atoms with Gasteiger partial charge in [-0.25, -0.2) is 4.98 Å². The molecule has 0 saturated heterocycles. The highest BCUT2D eigenvalue weighted by molar-refractivity contribution is 6.35. The van der Waals surface area contributed by atoms with E-state index in [-0.39, 0.29) is 0 Å². The lowest BCUT2D eigenvalue weighted by Gasteiger charge is -2.13. The minimum atomic E-state index is 0.449. The van der Waals surface area contributed by atoms with Crippen LogP contribution in [-0.4, -0.2) is 17.1 Å². The molecule has 0 saturated carbocycles. The minimum Gasteiger partial charge on any atom is -0.495 e. The molecule has 0 aliphatic rings. The van der Waals surface area contributed by atoms with E-state index in [9.17, 15) is 0 Å². The number of methoxy groups -OCH3 is 1. The van der Waals surface area contributed by atoms with E-state index in [0.717, 1.165) is 11.4 Å². The molecular formula is C18H16Cl2N4O. The van der Waals surface area contributed by atoms with Gasteiger partial charge in [-0.15, -0.1) is 0 Å². The molecular weight excluding hydrogens is 359 g/mol. The highest BCUT2D eigenvalue weighted by Crippen LogP contribution is 2.29. The molecule has 1 heterocycles. The van der Waals surface area contributed by atoms with Crippen LogP contribution in [0.3, 0.4) is 0 Å². The number of benzene rings is 2. The van der Waals surface area contributed by atoms with Crippen LogP contribution in [0.5, 0.6) is 5.75 Å². The summed E-state index contributed by atoms with van der Waals surface area (Å²) in [6.07, 6.45) is 0. The van der Waals surface area contributed by atoms with Crippen LogP contribution < -0.4 is 15.4 Å². The molecule has 0 unspecified atom stereocenters. The molecule has 7 heteroatoms. The van der Waals surface area contributed by atoms with Gasteiger partial charge in [-0.1, -0.05) is 35.3 Å². The lowest BCUT2D eigenvalue weighted by atomic mass is 10.3. The Morgan fingerprint density at radius 2 is 1.72 bits per heavy atom. The van der Waals surface area contributed by atoms with Crippen molar-refractivity contribution in [2.45, 2.75) is 6.92 Å². The molecule has 1 aromatic heterocycles. The van der Waals surface area contributed by atoms with Gasteiger partial charge in [-0.2, -0.15) is 4.98 Å². The molecule has 0 aliphatic heterocycles. The fourth-order valence-electron chi connectivity index (χ4n) is 2.29. The lowest BCUT2D eigenvalue weighted by Crippen LogP contribution is -2.03. The third-order valence-electron chi connectivity index (χ3n) is 3.40. The van der Waals surface area contributed by atoms with Gasteiger partial charge in [-0.3, -0.25) is 0 Å². The standard InChI is InChI=1S/C18H16Cl2N4O/c1-11-9-17(22-15-10-12(19)7-8-13(15)20)24-18(21-11)23-14-5-3-4-6-16(14)25-2/h3-10H,1-2H3,(H2,21,22,23,24). The molecule has 25 heavy (non-hydrogen) atoms. The van der Waals surface area contributed by atoms with Gasteiger partial charge in [0.15, 0.2) is 0 Å². The van der Waals surface area contributed by atoms with Crippen molar-refractivity contribution in [2.75, 3.05) is 17.7 Å². The molecule has 0 fully saturated rings. The van der Waals surface area contributed by atoms with Gasteiger partial charge >= 0.3 is 0 Å². The van der Waals surface area contributed by atoms with Crippen LogP contribution in [0.2, 0.25) is 10.0 Å². The number of rotatable bonds is 5.